The number of rotatable bonds is 5. The van der Waals surface area contributed by atoms with Crippen LogP contribution >= 0.6 is 0 Å². The van der Waals surface area contributed by atoms with Crippen molar-refractivity contribution in [2.24, 2.45) is 0 Å². The van der Waals surface area contributed by atoms with Gasteiger partial charge in [0.05, 0.1) is 7.11 Å². The molecule has 1 aromatic rings. The molecule has 0 saturated carbocycles. The summed E-state index contributed by atoms with van der Waals surface area (Å²) in [6.07, 6.45) is 4.16. The third-order valence-electron chi connectivity index (χ3n) is 4.82. The predicted octanol–water partition coefficient (Wildman–Crippen LogP) is 3.38. The SMILES string of the molecule is CCC(C)(C(O)c1ccccc1OC)N1CCCCC1. The van der Waals surface area contributed by atoms with E-state index in [9.17, 15) is 5.11 Å². The van der Waals surface area contributed by atoms with Crippen molar-refractivity contribution in [3.05, 3.63) is 29.8 Å². The van der Waals surface area contributed by atoms with E-state index in [2.05, 4.69) is 18.7 Å². The molecule has 0 radical (unpaired) electrons. The molecule has 1 saturated heterocycles. The van der Waals surface area contributed by atoms with E-state index < -0.39 is 6.10 Å². The van der Waals surface area contributed by atoms with Crippen LogP contribution in [0.3, 0.4) is 0 Å². The second-order valence-electron chi connectivity index (χ2n) is 5.90. The number of likely N-dealkylation sites (tertiary alicyclic amines) is 1. The van der Waals surface area contributed by atoms with E-state index in [1.807, 2.05) is 24.3 Å². The maximum Gasteiger partial charge on any atom is 0.124 e. The van der Waals surface area contributed by atoms with Gasteiger partial charge < -0.3 is 9.84 Å². The Morgan fingerprint density at radius 2 is 1.90 bits per heavy atom. The summed E-state index contributed by atoms with van der Waals surface area (Å²) < 4.78 is 5.41. The molecule has 3 nitrogen and oxygen atoms in total. The Hall–Kier alpha value is -1.06. The summed E-state index contributed by atoms with van der Waals surface area (Å²) in [5.74, 6) is 0.775. The number of aliphatic hydroxyl groups excluding tert-OH is 1. The maximum absolute atomic E-state index is 11.0. The molecule has 0 aliphatic carbocycles. The first-order valence-electron chi connectivity index (χ1n) is 7.69. The van der Waals surface area contributed by atoms with Crippen LogP contribution in [-0.2, 0) is 0 Å². The molecule has 1 aliphatic heterocycles. The highest BCUT2D eigenvalue weighted by atomic mass is 16.5. The Labute approximate surface area is 122 Å². The first-order valence-corrected chi connectivity index (χ1v) is 7.69. The monoisotopic (exact) mass is 277 g/mol. The van der Waals surface area contributed by atoms with Crippen LogP contribution in [-0.4, -0.2) is 35.7 Å². The summed E-state index contributed by atoms with van der Waals surface area (Å²) in [7, 11) is 1.66. The van der Waals surface area contributed by atoms with E-state index >= 15 is 0 Å². The lowest BCUT2D eigenvalue weighted by atomic mass is 9.83. The van der Waals surface area contributed by atoms with Crippen molar-refractivity contribution in [1.29, 1.82) is 0 Å². The number of hydrogen-bond acceptors (Lipinski definition) is 3. The quantitative estimate of drug-likeness (QED) is 0.895. The molecule has 3 heteroatoms. The van der Waals surface area contributed by atoms with Gasteiger partial charge in [0.1, 0.15) is 11.9 Å². The molecule has 1 aromatic carbocycles. The van der Waals surface area contributed by atoms with Crippen molar-refractivity contribution in [2.75, 3.05) is 20.2 Å². The molecule has 2 unspecified atom stereocenters. The maximum atomic E-state index is 11.0. The van der Waals surface area contributed by atoms with E-state index in [-0.39, 0.29) is 5.54 Å². The molecule has 0 bridgehead atoms. The molecule has 0 spiro atoms. The number of ether oxygens (including phenoxy) is 1. The summed E-state index contributed by atoms with van der Waals surface area (Å²) >= 11 is 0. The van der Waals surface area contributed by atoms with Gasteiger partial charge >= 0.3 is 0 Å². The number of benzene rings is 1. The van der Waals surface area contributed by atoms with Gasteiger partial charge in [-0.15, -0.1) is 0 Å². The molecule has 1 aliphatic rings. The number of nitrogens with zero attached hydrogens (tertiary/aromatic N) is 1. The highest BCUT2D eigenvalue weighted by molar-refractivity contribution is 5.36. The van der Waals surface area contributed by atoms with Crippen molar-refractivity contribution >= 4 is 0 Å². The lowest BCUT2D eigenvalue weighted by molar-refractivity contribution is -0.0361. The van der Waals surface area contributed by atoms with Crippen LogP contribution in [0.2, 0.25) is 0 Å². The molecule has 0 amide bonds. The number of aliphatic hydroxyl groups is 1. The highest BCUT2D eigenvalue weighted by Crippen LogP contribution is 2.39. The Balaban J connectivity index is 2.29. The van der Waals surface area contributed by atoms with Gasteiger partial charge in [-0.2, -0.15) is 0 Å². The number of methoxy groups -OCH3 is 1. The predicted molar refractivity (Wildman–Crippen MR) is 82.1 cm³/mol. The molecule has 1 heterocycles. The van der Waals surface area contributed by atoms with Crippen LogP contribution in [0.15, 0.2) is 24.3 Å². The van der Waals surface area contributed by atoms with E-state index in [1.165, 1.54) is 19.3 Å². The molecule has 0 aromatic heterocycles. The van der Waals surface area contributed by atoms with Crippen molar-refractivity contribution in [2.45, 2.75) is 51.2 Å². The normalized spacial score (nSPS) is 21.2. The molecular weight excluding hydrogens is 250 g/mol. The summed E-state index contributed by atoms with van der Waals surface area (Å²) in [5.41, 5.74) is 0.666. The highest BCUT2D eigenvalue weighted by Gasteiger charge is 2.39. The summed E-state index contributed by atoms with van der Waals surface area (Å²) in [5, 5.41) is 11.0. The zero-order valence-corrected chi connectivity index (χ0v) is 12.9. The Bertz CT molecular complexity index is 429. The average molecular weight is 277 g/mol. The van der Waals surface area contributed by atoms with Crippen molar-refractivity contribution < 1.29 is 9.84 Å². The van der Waals surface area contributed by atoms with Crippen molar-refractivity contribution in [3.63, 3.8) is 0 Å². The summed E-state index contributed by atoms with van der Waals surface area (Å²) in [4.78, 5) is 2.45. The standard InChI is InChI=1S/C17H27NO2/c1-4-17(2,18-12-8-5-9-13-18)16(19)14-10-6-7-11-15(14)20-3/h6-7,10-11,16,19H,4-5,8-9,12-13H2,1-3H3. The Morgan fingerprint density at radius 1 is 1.25 bits per heavy atom. The van der Waals surface area contributed by atoms with Crippen LogP contribution in [0.4, 0.5) is 0 Å². The van der Waals surface area contributed by atoms with Crippen LogP contribution < -0.4 is 4.74 Å². The number of para-hydroxylation sites is 1. The van der Waals surface area contributed by atoms with Crippen molar-refractivity contribution in [1.82, 2.24) is 4.90 Å². The van der Waals surface area contributed by atoms with E-state index in [0.717, 1.165) is 30.8 Å². The van der Waals surface area contributed by atoms with E-state index in [4.69, 9.17) is 4.74 Å². The molecule has 1 N–H and O–H groups in total. The first-order chi connectivity index (χ1) is 9.63. The molecule has 2 atom stereocenters. The summed E-state index contributed by atoms with van der Waals surface area (Å²) in [6.45, 7) is 6.50. The average Bonchev–Trinajstić information content (AvgIpc) is 2.54. The Kier molecular flexibility index (Phi) is 5.06. The zero-order valence-electron chi connectivity index (χ0n) is 12.9. The van der Waals surface area contributed by atoms with Crippen molar-refractivity contribution in [3.8, 4) is 5.75 Å². The second-order valence-corrected chi connectivity index (χ2v) is 5.90. The van der Waals surface area contributed by atoms with Gasteiger partial charge in [0.25, 0.3) is 0 Å². The first kappa shape index (κ1) is 15.3. The molecule has 2 rings (SSSR count). The molecular formula is C17H27NO2. The minimum atomic E-state index is -0.526. The number of hydrogen-bond donors (Lipinski definition) is 1. The second kappa shape index (κ2) is 6.59. The van der Waals surface area contributed by atoms with E-state index in [1.54, 1.807) is 7.11 Å². The number of piperidine rings is 1. The lowest BCUT2D eigenvalue weighted by Crippen LogP contribution is -2.52. The molecule has 20 heavy (non-hydrogen) atoms. The molecule has 1 fully saturated rings. The van der Waals surface area contributed by atoms with Crippen LogP contribution in [0.25, 0.3) is 0 Å². The Morgan fingerprint density at radius 3 is 2.50 bits per heavy atom. The van der Waals surface area contributed by atoms with Gasteiger partial charge in [0, 0.05) is 11.1 Å². The third kappa shape index (κ3) is 2.84. The van der Waals surface area contributed by atoms with Gasteiger partial charge in [-0.25, -0.2) is 0 Å². The molecule has 112 valence electrons. The summed E-state index contributed by atoms with van der Waals surface area (Å²) in [6, 6.07) is 7.80. The van der Waals surface area contributed by atoms with E-state index in [0.29, 0.717) is 0 Å². The third-order valence-corrected chi connectivity index (χ3v) is 4.82. The zero-order chi connectivity index (χ0) is 14.6. The lowest BCUT2D eigenvalue weighted by Gasteiger charge is -2.46. The fourth-order valence-corrected chi connectivity index (χ4v) is 3.22. The topological polar surface area (TPSA) is 32.7 Å². The van der Waals surface area contributed by atoms with Gasteiger partial charge in [-0.1, -0.05) is 31.5 Å². The smallest absolute Gasteiger partial charge is 0.124 e. The fraction of sp³-hybridized carbons (Fsp3) is 0.647. The largest absolute Gasteiger partial charge is 0.496 e. The fourth-order valence-electron chi connectivity index (χ4n) is 3.22. The van der Waals surface area contributed by atoms with Gasteiger partial charge in [0.15, 0.2) is 0 Å². The van der Waals surface area contributed by atoms with Gasteiger partial charge in [-0.3, -0.25) is 4.90 Å². The van der Waals surface area contributed by atoms with Gasteiger partial charge in [0.2, 0.25) is 0 Å². The van der Waals surface area contributed by atoms with Crippen LogP contribution in [0.1, 0.15) is 51.2 Å². The minimum Gasteiger partial charge on any atom is -0.496 e. The van der Waals surface area contributed by atoms with Crippen LogP contribution in [0, 0.1) is 0 Å². The van der Waals surface area contributed by atoms with Gasteiger partial charge in [-0.05, 0) is 45.3 Å². The minimum absolute atomic E-state index is 0.227. The van der Waals surface area contributed by atoms with Crippen LogP contribution in [0.5, 0.6) is 5.75 Å².